The number of carbonyl (C=O) groups is 1. The third kappa shape index (κ3) is 3.61. The predicted octanol–water partition coefficient (Wildman–Crippen LogP) is 4.37. The fourth-order valence-corrected chi connectivity index (χ4v) is 3.37. The minimum atomic E-state index is -0.807. The van der Waals surface area contributed by atoms with Crippen LogP contribution in [0, 0.1) is 0 Å². The molecule has 3 aromatic rings. The van der Waals surface area contributed by atoms with Crippen LogP contribution in [-0.4, -0.2) is 17.2 Å². The molecule has 0 bridgehead atoms. The number of fused-ring (bicyclic) bond motifs is 1. The Balaban J connectivity index is 1.77. The van der Waals surface area contributed by atoms with Gasteiger partial charge >= 0.3 is 0 Å². The van der Waals surface area contributed by atoms with E-state index in [1.165, 1.54) is 6.92 Å². The van der Waals surface area contributed by atoms with Crippen LogP contribution in [0.25, 0.3) is 11.3 Å². The van der Waals surface area contributed by atoms with Crippen molar-refractivity contribution in [2.45, 2.75) is 13.2 Å². The van der Waals surface area contributed by atoms with Gasteiger partial charge in [-0.3, -0.25) is 4.79 Å². The van der Waals surface area contributed by atoms with E-state index in [9.17, 15) is 9.90 Å². The number of rotatable bonds is 4. The van der Waals surface area contributed by atoms with E-state index in [0.29, 0.717) is 0 Å². The molecule has 4 rings (SSSR count). The normalized spacial score (nSPS) is 16.7. The van der Waals surface area contributed by atoms with Crippen LogP contribution in [0.5, 0.6) is 0 Å². The van der Waals surface area contributed by atoms with Crippen molar-refractivity contribution in [1.82, 2.24) is 0 Å². The molecule has 0 radical (unpaired) electrons. The summed E-state index contributed by atoms with van der Waals surface area (Å²) in [6, 6.07) is 25.3. The molecule has 28 heavy (non-hydrogen) atoms. The van der Waals surface area contributed by atoms with Gasteiger partial charge in [0.25, 0.3) is 0 Å². The molecule has 0 aromatic heterocycles. The highest BCUT2D eigenvalue weighted by Gasteiger charge is 2.28. The summed E-state index contributed by atoms with van der Waals surface area (Å²) in [5, 5.41) is 20.1. The number of anilines is 3. The number of carbonyl (C=O) groups excluding carboxylic acids is 1. The fraction of sp³-hybridized carbons (Fsp3) is 0.0870. The van der Waals surface area contributed by atoms with Crippen LogP contribution in [0.15, 0.2) is 78.9 Å². The van der Waals surface area contributed by atoms with Crippen molar-refractivity contribution in [1.29, 1.82) is 0 Å². The molecule has 1 heterocycles. The first-order valence-corrected chi connectivity index (χ1v) is 9.10. The number of nitrogens with one attached hydrogen (secondary N) is 3. The van der Waals surface area contributed by atoms with Crippen molar-refractivity contribution in [3.05, 3.63) is 90.0 Å². The minimum absolute atomic E-state index is 0.107. The van der Waals surface area contributed by atoms with E-state index in [1.54, 1.807) is 0 Å². The van der Waals surface area contributed by atoms with E-state index >= 15 is 0 Å². The Hall–Kier alpha value is -3.57. The lowest BCUT2D eigenvalue weighted by Crippen LogP contribution is -2.16. The number of aliphatic hydroxyl groups excluding tert-OH is 1. The van der Waals surface area contributed by atoms with Gasteiger partial charge in [-0.25, -0.2) is 0 Å². The molecule has 1 aliphatic heterocycles. The van der Waals surface area contributed by atoms with Gasteiger partial charge in [0, 0.05) is 35.1 Å². The number of para-hydroxylation sites is 1. The first-order chi connectivity index (χ1) is 13.6. The van der Waals surface area contributed by atoms with Crippen molar-refractivity contribution in [3.63, 3.8) is 0 Å². The summed E-state index contributed by atoms with van der Waals surface area (Å²) >= 11 is 0. The average molecular weight is 371 g/mol. The van der Waals surface area contributed by atoms with Gasteiger partial charge in [-0.05, 0) is 35.9 Å². The van der Waals surface area contributed by atoms with Gasteiger partial charge in [-0.1, -0.05) is 48.5 Å². The molecule has 4 N–H and O–H groups in total. The molecule has 0 saturated heterocycles. The third-order valence-electron chi connectivity index (χ3n) is 4.59. The molecule has 1 amide bonds. The summed E-state index contributed by atoms with van der Waals surface area (Å²) in [5.41, 5.74) is 6.07. The Labute approximate surface area is 163 Å². The Morgan fingerprint density at radius 3 is 2.14 bits per heavy atom. The molecule has 1 atom stereocenters. The summed E-state index contributed by atoms with van der Waals surface area (Å²) in [4.78, 5) is 11.2. The zero-order valence-corrected chi connectivity index (χ0v) is 15.4. The maximum atomic E-state index is 11.2. The molecular formula is C23H21N3O2. The summed E-state index contributed by atoms with van der Waals surface area (Å²) < 4.78 is 0. The van der Waals surface area contributed by atoms with Crippen molar-refractivity contribution >= 4 is 34.2 Å². The molecule has 1 unspecified atom stereocenters. The van der Waals surface area contributed by atoms with Gasteiger partial charge in [0.15, 0.2) is 6.23 Å². The third-order valence-corrected chi connectivity index (χ3v) is 4.59. The van der Waals surface area contributed by atoms with Crippen LogP contribution in [-0.2, 0) is 4.79 Å². The number of benzene rings is 3. The van der Waals surface area contributed by atoms with E-state index in [1.807, 2.05) is 78.9 Å². The number of hydrogen-bond donors (Lipinski definition) is 4. The summed E-state index contributed by atoms with van der Waals surface area (Å²) in [6.45, 7) is 1.48. The van der Waals surface area contributed by atoms with Crippen molar-refractivity contribution in [3.8, 4) is 0 Å². The van der Waals surface area contributed by atoms with Gasteiger partial charge in [-0.15, -0.1) is 0 Å². The van der Waals surface area contributed by atoms with Crippen LogP contribution in [0.2, 0.25) is 0 Å². The van der Waals surface area contributed by atoms with Crippen LogP contribution < -0.4 is 16.0 Å². The second-order valence-electron chi connectivity index (χ2n) is 6.63. The number of aliphatic hydroxyl groups is 1. The molecule has 0 spiro atoms. The Bertz CT molecular complexity index is 1030. The molecule has 1 aliphatic rings. The minimum Gasteiger partial charge on any atom is -0.369 e. The van der Waals surface area contributed by atoms with E-state index in [2.05, 4.69) is 16.0 Å². The maximum Gasteiger partial charge on any atom is 0.221 e. The van der Waals surface area contributed by atoms with E-state index in [-0.39, 0.29) is 5.91 Å². The lowest BCUT2D eigenvalue weighted by atomic mass is 9.99. The van der Waals surface area contributed by atoms with Gasteiger partial charge in [0.2, 0.25) is 5.91 Å². The van der Waals surface area contributed by atoms with E-state index in [0.717, 1.165) is 39.5 Å². The molecule has 0 fully saturated rings. The largest absolute Gasteiger partial charge is 0.369 e. The van der Waals surface area contributed by atoms with Crippen LogP contribution in [0.3, 0.4) is 0 Å². The van der Waals surface area contributed by atoms with Gasteiger partial charge < -0.3 is 21.1 Å². The summed E-state index contributed by atoms with van der Waals surface area (Å²) in [5.74, 6) is -0.107. The Kier molecular flexibility index (Phi) is 4.83. The highest BCUT2D eigenvalue weighted by Crippen LogP contribution is 2.39. The van der Waals surface area contributed by atoms with E-state index < -0.39 is 6.23 Å². The smallest absolute Gasteiger partial charge is 0.221 e. The zero-order chi connectivity index (χ0) is 19.5. The SMILES string of the molecule is CC(=O)Nc1ccc(N/C(=C2/c3ccccc3NC2O)c2ccccc2)cc1. The van der Waals surface area contributed by atoms with Gasteiger partial charge in [-0.2, -0.15) is 0 Å². The van der Waals surface area contributed by atoms with Crippen molar-refractivity contribution < 1.29 is 9.90 Å². The second-order valence-corrected chi connectivity index (χ2v) is 6.63. The molecular weight excluding hydrogens is 350 g/mol. The quantitative estimate of drug-likeness (QED) is 0.549. The molecule has 3 aromatic carbocycles. The molecule has 140 valence electrons. The first-order valence-electron chi connectivity index (χ1n) is 9.10. The van der Waals surface area contributed by atoms with Crippen molar-refractivity contribution in [2.24, 2.45) is 0 Å². The molecule has 5 heteroatoms. The van der Waals surface area contributed by atoms with Crippen LogP contribution in [0.1, 0.15) is 18.1 Å². The Morgan fingerprint density at radius 1 is 0.857 bits per heavy atom. The van der Waals surface area contributed by atoms with Gasteiger partial charge in [0.05, 0.1) is 5.70 Å². The zero-order valence-electron chi connectivity index (χ0n) is 15.4. The molecule has 5 nitrogen and oxygen atoms in total. The molecule has 0 aliphatic carbocycles. The van der Waals surface area contributed by atoms with Crippen LogP contribution >= 0.6 is 0 Å². The standard InChI is InChI=1S/C23H21N3O2/c1-15(27)24-17-11-13-18(14-12-17)25-22(16-7-3-2-4-8-16)21-19-9-5-6-10-20(19)26-23(21)28/h2-14,23,25-26,28H,1H3,(H,24,27)/b22-21-. The topological polar surface area (TPSA) is 73.4 Å². The monoisotopic (exact) mass is 371 g/mol. The first kappa shape index (κ1) is 17.8. The summed E-state index contributed by atoms with van der Waals surface area (Å²) in [6.07, 6.45) is -0.807. The van der Waals surface area contributed by atoms with Crippen LogP contribution in [0.4, 0.5) is 17.1 Å². The number of hydrogen-bond acceptors (Lipinski definition) is 4. The Morgan fingerprint density at radius 2 is 1.46 bits per heavy atom. The highest BCUT2D eigenvalue weighted by molar-refractivity contribution is 6.03. The maximum absolute atomic E-state index is 11.2. The second kappa shape index (κ2) is 7.58. The van der Waals surface area contributed by atoms with Gasteiger partial charge in [0.1, 0.15) is 0 Å². The lowest BCUT2D eigenvalue weighted by Gasteiger charge is -2.18. The van der Waals surface area contributed by atoms with Crippen molar-refractivity contribution in [2.75, 3.05) is 16.0 Å². The fourth-order valence-electron chi connectivity index (χ4n) is 3.37. The average Bonchev–Trinajstić information content (AvgIpc) is 3.03. The van der Waals surface area contributed by atoms with E-state index in [4.69, 9.17) is 0 Å². The highest BCUT2D eigenvalue weighted by atomic mass is 16.3. The lowest BCUT2D eigenvalue weighted by molar-refractivity contribution is -0.114. The summed E-state index contributed by atoms with van der Waals surface area (Å²) in [7, 11) is 0. The number of amides is 1. The predicted molar refractivity (Wildman–Crippen MR) is 114 cm³/mol. The molecule has 0 saturated carbocycles.